The molecule has 0 atom stereocenters. The number of para-hydroxylation sites is 1. The molecule has 2 aliphatic rings. The van der Waals surface area contributed by atoms with Crippen LogP contribution in [0.25, 0.3) is 0 Å². The monoisotopic (exact) mass is 439 g/mol. The highest BCUT2D eigenvalue weighted by molar-refractivity contribution is 8.13. The van der Waals surface area contributed by atoms with Gasteiger partial charge in [-0.05, 0) is 68.0 Å². The van der Waals surface area contributed by atoms with Crippen LogP contribution in [0.2, 0.25) is 0 Å². The average Bonchev–Trinajstić information content (AvgIpc) is 2.80. The van der Waals surface area contributed by atoms with Crippen molar-refractivity contribution in [1.82, 2.24) is 4.90 Å². The van der Waals surface area contributed by atoms with Gasteiger partial charge in [-0.1, -0.05) is 42.1 Å². The van der Waals surface area contributed by atoms with Crippen molar-refractivity contribution < 1.29 is 9.84 Å². The summed E-state index contributed by atoms with van der Waals surface area (Å²) in [5.74, 6) is 1.33. The molecule has 4 rings (SSSR count). The fourth-order valence-electron chi connectivity index (χ4n) is 4.07. The largest absolute Gasteiger partial charge is 0.508 e. The number of benzene rings is 2. The summed E-state index contributed by atoms with van der Waals surface area (Å²) in [5, 5.41) is 13.9. The molecule has 0 aliphatic carbocycles. The molecular weight excluding hydrogens is 406 g/mol. The normalized spacial score (nSPS) is 18.6. The maximum atomic E-state index is 9.31. The lowest BCUT2D eigenvalue weighted by Crippen LogP contribution is -2.36. The first-order valence-electron chi connectivity index (χ1n) is 11.4. The minimum absolute atomic E-state index is 0.316. The molecule has 2 aliphatic heterocycles. The summed E-state index contributed by atoms with van der Waals surface area (Å²) in [7, 11) is 0. The van der Waals surface area contributed by atoms with Crippen LogP contribution >= 0.6 is 11.8 Å². The highest BCUT2D eigenvalue weighted by Gasteiger charge is 2.20. The molecule has 2 N–H and O–H groups in total. The molecule has 1 saturated heterocycles. The smallest absolute Gasteiger partial charge is 0.161 e. The van der Waals surface area contributed by atoms with Gasteiger partial charge in [0, 0.05) is 31.1 Å². The number of hydrogen-bond acceptors (Lipinski definition) is 5. The van der Waals surface area contributed by atoms with Gasteiger partial charge in [-0.15, -0.1) is 0 Å². The summed E-state index contributed by atoms with van der Waals surface area (Å²) in [6.45, 7) is 5.01. The lowest BCUT2D eigenvalue weighted by Gasteiger charge is -2.31. The van der Waals surface area contributed by atoms with Gasteiger partial charge in [-0.25, -0.2) is 0 Å². The van der Waals surface area contributed by atoms with E-state index in [9.17, 15) is 5.11 Å². The SMILES string of the molecule is Oc1ccc(CCOCCCCN2CCC(N=C3Nc4ccccc4CS3)CC2)cc1. The van der Waals surface area contributed by atoms with Crippen molar-refractivity contribution in [1.29, 1.82) is 0 Å². The zero-order valence-electron chi connectivity index (χ0n) is 18.1. The second-order valence-corrected chi connectivity index (χ2v) is 9.28. The quantitative estimate of drug-likeness (QED) is 0.544. The molecule has 0 amide bonds. The van der Waals surface area contributed by atoms with E-state index >= 15 is 0 Å². The molecule has 0 saturated carbocycles. The number of piperidine rings is 1. The number of phenols is 1. The predicted molar refractivity (Wildman–Crippen MR) is 130 cm³/mol. The molecule has 0 unspecified atom stereocenters. The lowest BCUT2D eigenvalue weighted by atomic mass is 10.1. The number of phenolic OH excluding ortho intramolecular Hbond substituents is 1. The van der Waals surface area contributed by atoms with Crippen molar-refractivity contribution in [2.75, 3.05) is 38.2 Å². The number of ether oxygens (including phenoxy) is 1. The lowest BCUT2D eigenvalue weighted by molar-refractivity contribution is 0.127. The fraction of sp³-hybridized carbons (Fsp3) is 0.480. The van der Waals surface area contributed by atoms with Crippen LogP contribution in [-0.2, 0) is 16.9 Å². The Balaban J connectivity index is 1.06. The zero-order chi connectivity index (χ0) is 21.3. The van der Waals surface area contributed by atoms with Gasteiger partial charge in [0.05, 0.1) is 12.6 Å². The van der Waals surface area contributed by atoms with Gasteiger partial charge in [0.15, 0.2) is 5.17 Å². The topological polar surface area (TPSA) is 57.1 Å². The third kappa shape index (κ3) is 6.99. The number of fused-ring (bicyclic) bond motifs is 1. The van der Waals surface area contributed by atoms with Crippen molar-refractivity contribution in [3.8, 4) is 5.75 Å². The van der Waals surface area contributed by atoms with Gasteiger partial charge < -0.3 is 20.1 Å². The van der Waals surface area contributed by atoms with Crippen LogP contribution in [0.1, 0.15) is 36.8 Å². The number of nitrogens with one attached hydrogen (secondary N) is 1. The summed E-state index contributed by atoms with van der Waals surface area (Å²) >= 11 is 1.82. The maximum absolute atomic E-state index is 9.31. The third-order valence-corrected chi connectivity index (χ3v) is 6.90. The molecule has 0 radical (unpaired) electrons. The third-order valence-electron chi connectivity index (χ3n) is 5.96. The van der Waals surface area contributed by atoms with Crippen LogP contribution < -0.4 is 5.32 Å². The fourth-order valence-corrected chi connectivity index (χ4v) is 5.02. The van der Waals surface area contributed by atoms with E-state index in [-0.39, 0.29) is 0 Å². The van der Waals surface area contributed by atoms with Gasteiger partial charge in [0.1, 0.15) is 5.75 Å². The Morgan fingerprint density at radius 2 is 1.84 bits per heavy atom. The second-order valence-electron chi connectivity index (χ2n) is 8.31. The average molecular weight is 440 g/mol. The Labute approximate surface area is 189 Å². The Kier molecular flexibility index (Phi) is 8.27. The number of aliphatic imine (C=N–C) groups is 1. The minimum Gasteiger partial charge on any atom is -0.508 e. The highest BCUT2D eigenvalue weighted by Crippen LogP contribution is 2.29. The first kappa shape index (κ1) is 22.2. The van der Waals surface area contributed by atoms with E-state index in [1.165, 1.54) is 23.2 Å². The number of nitrogens with zero attached hydrogens (tertiary/aromatic N) is 2. The van der Waals surface area contributed by atoms with Gasteiger partial charge in [-0.3, -0.25) is 4.99 Å². The first-order chi connectivity index (χ1) is 15.3. The van der Waals surface area contributed by atoms with Crippen LogP contribution in [0, 0.1) is 0 Å². The van der Waals surface area contributed by atoms with Crippen LogP contribution in [0.5, 0.6) is 5.75 Å². The molecule has 6 heteroatoms. The number of unbranched alkanes of at least 4 members (excludes halogenated alkanes) is 1. The Morgan fingerprint density at radius 1 is 1.03 bits per heavy atom. The van der Waals surface area contributed by atoms with E-state index in [4.69, 9.17) is 9.73 Å². The molecule has 0 bridgehead atoms. The second kappa shape index (κ2) is 11.6. The molecule has 1 fully saturated rings. The van der Waals surface area contributed by atoms with Crippen molar-refractivity contribution in [2.45, 2.75) is 43.9 Å². The summed E-state index contributed by atoms with van der Waals surface area (Å²) < 4.78 is 5.78. The molecule has 2 aromatic rings. The number of thioether (sulfide) groups is 1. The highest BCUT2D eigenvalue weighted by atomic mass is 32.2. The number of rotatable bonds is 9. The van der Waals surface area contributed by atoms with E-state index in [0.717, 1.165) is 69.5 Å². The van der Waals surface area contributed by atoms with Gasteiger partial charge in [-0.2, -0.15) is 0 Å². The molecular formula is C25H33N3O2S. The molecule has 166 valence electrons. The van der Waals surface area contributed by atoms with Gasteiger partial charge >= 0.3 is 0 Å². The minimum atomic E-state index is 0.316. The predicted octanol–water partition coefficient (Wildman–Crippen LogP) is 4.91. The Bertz CT molecular complexity index is 848. The zero-order valence-corrected chi connectivity index (χ0v) is 18.9. The van der Waals surface area contributed by atoms with Crippen molar-refractivity contribution in [3.63, 3.8) is 0 Å². The standard InChI is InChI=1S/C25H33N3O2S/c29-23-9-7-20(8-10-23)13-18-30-17-4-3-14-28-15-11-22(12-16-28)26-25-27-24-6-2-1-5-21(24)19-31-25/h1-2,5-10,22,29H,3-4,11-19H2,(H,26,27). The Hall–Kier alpha value is -2.02. The molecule has 5 nitrogen and oxygen atoms in total. The van der Waals surface area contributed by atoms with Crippen LogP contribution in [0.15, 0.2) is 53.5 Å². The molecule has 31 heavy (non-hydrogen) atoms. The Morgan fingerprint density at radius 3 is 2.68 bits per heavy atom. The molecule has 2 heterocycles. The van der Waals surface area contributed by atoms with Crippen LogP contribution in [0.3, 0.4) is 0 Å². The molecule has 0 spiro atoms. The number of likely N-dealkylation sites (tertiary alicyclic amines) is 1. The maximum Gasteiger partial charge on any atom is 0.161 e. The summed E-state index contributed by atoms with van der Waals surface area (Å²) in [5.41, 5.74) is 3.78. The van der Waals surface area contributed by atoms with E-state index < -0.39 is 0 Å². The van der Waals surface area contributed by atoms with Crippen LogP contribution in [-0.4, -0.2) is 54.1 Å². The van der Waals surface area contributed by atoms with Gasteiger partial charge in [0.2, 0.25) is 0 Å². The van der Waals surface area contributed by atoms with E-state index in [1.807, 2.05) is 23.9 Å². The summed E-state index contributed by atoms with van der Waals surface area (Å²) in [6, 6.07) is 16.3. The van der Waals surface area contributed by atoms with Crippen LogP contribution in [0.4, 0.5) is 5.69 Å². The van der Waals surface area contributed by atoms with E-state index in [1.54, 1.807) is 12.1 Å². The number of anilines is 1. The number of amidine groups is 1. The summed E-state index contributed by atoms with van der Waals surface area (Å²) in [6.07, 6.45) is 5.49. The van der Waals surface area contributed by atoms with E-state index in [2.05, 4.69) is 34.5 Å². The van der Waals surface area contributed by atoms with Crippen molar-refractivity contribution >= 4 is 22.6 Å². The van der Waals surface area contributed by atoms with Crippen molar-refractivity contribution in [2.24, 2.45) is 4.99 Å². The van der Waals surface area contributed by atoms with Gasteiger partial charge in [0.25, 0.3) is 0 Å². The first-order valence-corrected chi connectivity index (χ1v) is 12.4. The molecule has 0 aromatic heterocycles. The number of aromatic hydroxyl groups is 1. The number of hydrogen-bond donors (Lipinski definition) is 2. The summed E-state index contributed by atoms with van der Waals surface area (Å²) in [4.78, 5) is 7.57. The van der Waals surface area contributed by atoms with E-state index in [0.29, 0.717) is 11.8 Å². The van der Waals surface area contributed by atoms with Crippen molar-refractivity contribution in [3.05, 3.63) is 59.7 Å². The molecule has 2 aromatic carbocycles.